The summed E-state index contributed by atoms with van der Waals surface area (Å²) in [6.45, 7) is 2.56. The van der Waals surface area contributed by atoms with E-state index < -0.39 is 17.5 Å². The molecule has 0 bridgehead atoms. The van der Waals surface area contributed by atoms with Crippen LogP contribution in [0.3, 0.4) is 0 Å². The standard InChI is InChI=1S/C15H18F3N3/c1-3-19-14(5-4-11-6-7-20-21(11)2)10-8-12(16)15(18)13(17)9-10/h6-9,14,19H,3-5H2,1-2H3. The van der Waals surface area contributed by atoms with Gasteiger partial charge in [0.25, 0.3) is 0 Å². The first-order valence-electron chi connectivity index (χ1n) is 6.87. The highest BCUT2D eigenvalue weighted by Crippen LogP contribution is 2.23. The topological polar surface area (TPSA) is 29.9 Å². The highest BCUT2D eigenvalue weighted by atomic mass is 19.2. The molecule has 114 valence electrons. The predicted molar refractivity (Wildman–Crippen MR) is 74.3 cm³/mol. The van der Waals surface area contributed by atoms with Crippen molar-refractivity contribution < 1.29 is 13.2 Å². The maximum atomic E-state index is 13.4. The molecule has 1 aromatic heterocycles. The third-order valence-corrected chi connectivity index (χ3v) is 3.47. The number of hydrogen-bond donors (Lipinski definition) is 1. The second kappa shape index (κ2) is 6.76. The molecule has 1 atom stereocenters. The van der Waals surface area contributed by atoms with Gasteiger partial charge in [0.05, 0.1) is 0 Å². The minimum atomic E-state index is -1.43. The lowest BCUT2D eigenvalue weighted by Gasteiger charge is -2.19. The normalized spacial score (nSPS) is 12.6. The van der Waals surface area contributed by atoms with E-state index in [2.05, 4.69) is 10.4 Å². The number of benzene rings is 1. The number of aryl methyl sites for hydroxylation is 2. The lowest BCUT2D eigenvalue weighted by molar-refractivity contribution is 0.436. The monoisotopic (exact) mass is 297 g/mol. The van der Waals surface area contributed by atoms with Crippen LogP contribution in [-0.2, 0) is 13.5 Å². The van der Waals surface area contributed by atoms with Gasteiger partial charge in [0.15, 0.2) is 17.5 Å². The predicted octanol–water partition coefficient (Wildman–Crippen LogP) is 3.12. The van der Waals surface area contributed by atoms with Gasteiger partial charge in [-0.1, -0.05) is 6.92 Å². The van der Waals surface area contributed by atoms with E-state index in [4.69, 9.17) is 0 Å². The van der Waals surface area contributed by atoms with Crippen LogP contribution in [-0.4, -0.2) is 16.3 Å². The SMILES string of the molecule is CCNC(CCc1ccnn1C)c1cc(F)c(F)c(F)c1. The van der Waals surface area contributed by atoms with Crippen LogP contribution < -0.4 is 5.32 Å². The quantitative estimate of drug-likeness (QED) is 0.830. The molecule has 21 heavy (non-hydrogen) atoms. The summed E-state index contributed by atoms with van der Waals surface area (Å²) in [5.74, 6) is -3.75. The fourth-order valence-electron chi connectivity index (χ4n) is 2.35. The Labute approximate surface area is 121 Å². The molecule has 1 aromatic carbocycles. The summed E-state index contributed by atoms with van der Waals surface area (Å²) in [6.07, 6.45) is 3.04. The number of nitrogens with zero attached hydrogens (tertiary/aromatic N) is 2. The van der Waals surface area contributed by atoms with Gasteiger partial charge in [0.1, 0.15) is 0 Å². The van der Waals surface area contributed by atoms with Crippen molar-refractivity contribution >= 4 is 0 Å². The van der Waals surface area contributed by atoms with Gasteiger partial charge in [-0.15, -0.1) is 0 Å². The molecule has 0 aliphatic rings. The van der Waals surface area contributed by atoms with Gasteiger partial charge in [-0.05, 0) is 43.1 Å². The molecule has 2 aromatic rings. The third kappa shape index (κ3) is 3.64. The van der Waals surface area contributed by atoms with E-state index in [-0.39, 0.29) is 6.04 Å². The van der Waals surface area contributed by atoms with E-state index in [0.29, 0.717) is 24.9 Å². The Kier molecular flexibility index (Phi) is 5.01. The molecular weight excluding hydrogens is 279 g/mol. The molecule has 1 unspecified atom stereocenters. The Bertz CT molecular complexity index is 587. The van der Waals surface area contributed by atoms with E-state index in [1.54, 1.807) is 10.9 Å². The Hall–Kier alpha value is -1.82. The maximum Gasteiger partial charge on any atom is 0.194 e. The lowest BCUT2D eigenvalue weighted by atomic mass is 10.0. The Balaban J connectivity index is 2.17. The summed E-state index contributed by atoms with van der Waals surface area (Å²) in [5, 5.41) is 7.25. The van der Waals surface area contributed by atoms with E-state index in [0.717, 1.165) is 17.8 Å². The minimum Gasteiger partial charge on any atom is -0.310 e. The van der Waals surface area contributed by atoms with Crippen LogP contribution in [0.15, 0.2) is 24.4 Å². The number of halogens is 3. The number of rotatable bonds is 6. The van der Waals surface area contributed by atoms with Crippen LogP contribution >= 0.6 is 0 Å². The Morgan fingerprint density at radius 1 is 1.24 bits per heavy atom. The van der Waals surface area contributed by atoms with E-state index in [1.807, 2.05) is 20.0 Å². The average Bonchev–Trinajstić information content (AvgIpc) is 2.85. The van der Waals surface area contributed by atoms with Crippen molar-refractivity contribution in [3.63, 3.8) is 0 Å². The van der Waals surface area contributed by atoms with E-state index >= 15 is 0 Å². The molecule has 0 aliphatic heterocycles. The van der Waals surface area contributed by atoms with Crippen LogP contribution in [0, 0.1) is 17.5 Å². The molecule has 6 heteroatoms. The number of aromatic nitrogens is 2. The zero-order valence-corrected chi connectivity index (χ0v) is 12.0. The molecule has 0 aliphatic carbocycles. The Morgan fingerprint density at radius 2 is 1.90 bits per heavy atom. The maximum absolute atomic E-state index is 13.4. The lowest BCUT2D eigenvalue weighted by Crippen LogP contribution is -2.22. The van der Waals surface area contributed by atoms with Crippen molar-refractivity contribution in [2.75, 3.05) is 6.54 Å². The first kappa shape index (κ1) is 15.6. The molecular formula is C15H18F3N3. The van der Waals surface area contributed by atoms with E-state index in [1.165, 1.54) is 0 Å². The van der Waals surface area contributed by atoms with Gasteiger partial charge in [-0.3, -0.25) is 4.68 Å². The molecule has 0 radical (unpaired) electrons. The highest BCUT2D eigenvalue weighted by Gasteiger charge is 2.17. The Morgan fingerprint density at radius 3 is 2.43 bits per heavy atom. The highest BCUT2D eigenvalue weighted by molar-refractivity contribution is 5.23. The van der Waals surface area contributed by atoms with Crippen molar-refractivity contribution in [2.45, 2.75) is 25.8 Å². The second-order valence-corrected chi connectivity index (χ2v) is 4.89. The van der Waals surface area contributed by atoms with Crippen LogP contribution in [0.25, 0.3) is 0 Å². The number of nitrogens with one attached hydrogen (secondary N) is 1. The first-order valence-corrected chi connectivity index (χ1v) is 6.87. The molecule has 0 amide bonds. The van der Waals surface area contributed by atoms with Gasteiger partial charge >= 0.3 is 0 Å². The summed E-state index contributed by atoms with van der Waals surface area (Å²) < 4.78 is 41.5. The molecule has 1 N–H and O–H groups in total. The van der Waals surface area contributed by atoms with Gasteiger partial charge < -0.3 is 5.32 Å². The minimum absolute atomic E-state index is 0.241. The molecule has 2 rings (SSSR count). The van der Waals surface area contributed by atoms with Crippen molar-refractivity contribution in [2.24, 2.45) is 7.05 Å². The molecule has 3 nitrogen and oxygen atoms in total. The van der Waals surface area contributed by atoms with Gasteiger partial charge in [0, 0.05) is 25.0 Å². The molecule has 1 heterocycles. The largest absolute Gasteiger partial charge is 0.310 e. The van der Waals surface area contributed by atoms with Gasteiger partial charge in [0.2, 0.25) is 0 Å². The van der Waals surface area contributed by atoms with E-state index in [9.17, 15) is 13.2 Å². The molecule has 0 saturated heterocycles. The number of hydrogen-bond acceptors (Lipinski definition) is 2. The van der Waals surface area contributed by atoms with Crippen LogP contribution in [0.1, 0.15) is 30.6 Å². The molecule has 0 fully saturated rings. The van der Waals surface area contributed by atoms with Gasteiger partial charge in [-0.2, -0.15) is 5.10 Å². The van der Waals surface area contributed by atoms with Crippen molar-refractivity contribution in [1.82, 2.24) is 15.1 Å². The summed E-state index contributed by atoms with van der Waals surface area (Å²) in [6, 6.07) is 3.76. The van der Waals surface area contributed by atoms with Crippen molar-refractivity contribution in [1.29, 1.82) is 0 Å². The van der Waals surface area contributed by atoms with Gasteiger partial charge in [-0.25, -0.2) is 13.2 Å². The third-order valence-electron chi connectivity index (χ3n) is 3.47. The first-order chi connectivity index (χ1) is 10.0. The van der Waals surface area contributed by atoms with Crippen LogP contribution in [0.2, 0.25) is 0 Å². The smallest absolute Gasteiger partial charge is 0.194 e. The second-order valence-electron chi connectivity index (χ2n) is 4.89. The zero-order valence-electron chi connectivity index (χ0n) is 12.0. The van der Waals surface area contributed by atoms with Crippen molar-refractivity contribution in [3.8, 4) is 0 Å². The summed E-state index contributed by atoms with van der Waals surface area (Å²) in [7, 11) is 1.84. The van der Waals surface area contributed by atoms with Crippen LogP contribution in [0.5, 0.6) is 0 Å². The summed E-state index contributed by atoms with van der Waals surface area (Å²) >= 11 is 0. The fraction of sp³-hybridized carbons (Fsp3) is 0.400. The fourth-order valence-corrected chi connectivity index (χ4v) is 2.35. The summed E-state index contributed by atoms with van der Waals surface area (Å²) in [4.78, 5) is 0. The average molecular weight is 297 g/mol. The van der Waals surface area contributed by atoms with Crippen LogP contribution in [0.4, 0.5) is 13.2 Å². The van der Waals surface area contributed by atoms with Crippen molar-refractivity contribution in [3.05, 3.63) is 53.1 Å². The summed E-state index contributed by atoms with van der Waals surface area (Å²) in [5.41, 5.74) is 1.44. The molecule has 0 spiro atoms. The molecule has 0 saturated carbocycles. The zero-order chi connectivity index (χ0) is 15.4.